The molecule has 0 aliphatic rings. The third-order valence-corrected chi connectivity index (χ3v) is 3.15. The van der Waals surface area contributed by atoms with Crippen molar-refractivity contribution < 1.29 is 0 Å². The standard InChI is InChI=1S/C12H10Br2N2/c13-10-6-11(14)12(16-8-10)15-7-9-4-2-1-3-5-9/h1-6,8H,7H2,(H,15,16). The van der Waals surface area contributed by atoms with Crippen molar-refractivity contribution in [1.82, 2.24) is 4.98 Å². The number of nitrogens with one attached hydrogen (secondary N) is 1. The molecular weight excluding hydrogens is 332 g/mol. The van der Waals surface area contributed by atoms with E-state index in [1.54, 1.807) is 6.20 Å². The summed E-state index contributed by atoms with van der Waals surface area (Å²) in [5.74, 6) is 0.854. The lowest BCUT2D eigenvalue weighted by molar-refractivity contribution is 1.10. The Balaban J connectivity index is 2.05. The van der Waals surface area contributed by atoms with E-state index in [1.807, 2.05) is 24.3 Å². The Labute approximate surface area is 111 Å². The first-order chi connectivity index (χ1) is 7.75. The second-order valence-electron chi connectivity index (χ2n) is 3.32. The Morgan fingerprint density at radius 3 is 2.56 bits per heavy atom. The van der Waals surface area contributed by atoms with E-state index in [9.17, 15) is 0 Å². The fourth-order valence-corrected chi connectivity index (χ4v) is 2.45. The zero-order chi connectivity index (χ0) is 11.4. The first-order valence-corrected chi connectivity index (χ1v) is 6.43. The molecule has 0 radical (unpaired) electrons. The van der Waals surface area contributed by atoms with Gasteiger partial charge < -0.3 is 5.32 Å². The van der Waals surface area contributed by atoms with Crippen LogP contribution in [0.25, 0.3) is 0 Å². The van der Waals surface area contributed by atoms with Crippen molar-refractivity contribution in [2.24, 2.45) is 0 Å². The number of nitrogens with zero attached hydrogens (tertiary/aromatic N) is 1. The quantitative estimate of drug-likeness (QED) is 0.904. The molecule has 0 amide bonds. The molecular formula is C12H10Br2N2. The van der Waals surface area contributed by atoms with Gasteiger partial charge in [-0.1, -0.05) is 30.3 Å². The lowest BCUT2D eigenvalue weighted by Crippen LogP contribution is -2.01. The highest BCUT2D eigenvalue weighted by atomic mass is 79.9. The van der Waals surface area contributed by atoms with E-state index in [0.29, 0.717) is 0 Å². The average Bonchev–Trinajstić information content (AvgIpc) is 2.29. The zero-order valence-electron chi connectivity index (χ0n) is 8.45. The van der Waals surface area contributed by atoms with Crippen molar-refractivity contribution in [2.45, 2.75) is 6.54 Å². The highest BCUT2D eigenvalue weighted by molar-refractivity contribution is 9.11. The van der Waals surface area contributed by atoms with Gasteiger partial charge in [-0.3, -0.25) is 0 Å². The van der Waals surface area contributed by atoms with Gasteiger partial charge in [0.25, 0.3) is 0 Å². The van der Waals surface area contributed by atoms with Gasteiger partial charge in [-0.25, -0.2) is 4.98 Å². The molecule has 2 aromatic rings. The minimum absolute atomic E-state index is 0.772. The maximum atomic E-state index is 4.29. The SMILES string of the molecule is Brc1cnc(NCc2ccccc2)c(Br)c1. The minimum Gasteiger partial charge on any atom is -0.365 e. The topological polar surface area (TPSA) is 24.9 Å². The molecule has 2 nitrogen and oxygen atoms in total. The Morgan fingerprint density at radius 1 is 1.12 bits per heavy atom. The van der Waals surface area contributed by atoms with Crippen molar-refractivity contribution in [1.29, 1.82) is 0 Å². The van der Waals surface area contributed by atoms with Gasteiger partial charge in [-0.15, -0.1) is 0 Å². The van der Waals surface area contributed by atoms with Crippen molar-refractivity contribution in [3.05, 3.63) is 57.1 Å². The molecule has 0 fully saturated rings. The summed E-state index contributed by atoms with van der Waals surface area (Å²) in [7, 11) is 0. The molecule has 1 N–H and O–H groups in total. The first kappa shape index (κ1) is 11.6. The molecule has 1 aromatic carbocycles. The fourth-order valence-electron chi connectivity index (χ4n) is 1.33. The van der Waals surface area contributed by atoms with Gasteiger partial charge in [0.2, 0.25) is 0 Å². The van der Waals surface area contributed by atoms with E-state index in [0.717, 1.165) is 21.3 Å². The van der Waals surface area contributed by atoms with E-state index in [4.69, 9.17) is 0 Å². The maximum Gasteiger partial charge on any atom is 0.140 e. The maximum absolute atomic E-state index is 4.29. The second kappa shape index (κ2) is 5.46. The van der Waals surface area contributed by atoms with E-state index in [-0.39, 0.29) is 0 Å². The normalized spacial score (nSPS) is 10.1. The van der Waals surface area contributed by atoms with Crippen LogP contribution in [-0.4, -0.2) is 4.98 Å². The summed E-state index contributed by atoms with van der Waals surface area (Å²) in [5.41, 5.74) is 1.24. The molecule has 0 saturated carbocycles. The van der Waals surface area contributed by atoms with Crippen molar-refractivity contribution >= 4 is 37.7 Å². The molecule has 0 unspecified atom stereocenters. The second-order valence-corrected chi connectivity index (χ2v) is 5.09. The number of pyridine rings is 1. The summed E-state index contributed by atoms with van der Waals surface area (Å²) in [6, 6.07) is 12.2. The van der Waals surface area contributed by atoms with Crippen molar-refractivity contribution in [3.8, 4) is 0 Å². The van der Waals surface area contributed by atoms with Crippen LogP contribution in [0.2, 0.25) is 0 Å². The van der Waals surface area contributed by atoms with E-state index in [1.165, 1.54) is 5.56 Å². The van der Waals surface area contributed by atoms with Crippen LogP contribution in [0.5, 0.6) is 0 Å². The van der Waals surface area contributed by atoms with Crippen LogP contribution < -0.4 is 5.32 Å². The molecule has 1 aromatic heterocycles. The number of anilines is 1. The van der Waals surface area contributed by atoms with Gasteiger partial charge in [0.15, 0.2) is 0 Å². The van der Waals surface area contributed by atoms with Gasteiger partial charge >= 0.3 is 0 Å². The Hall–Kier alpha value is -0.870. The number of halogens is 2. The summed E-state index contributed by atoms with van der Waals surface area (Å²) >= 11 is 6.84. The Morgan fingerprint density at radius 2 is 1.88 bits per heavy atom. The van der Waals surface area contributed by atoms with Crippen LogP contribution in [-0.2, 0) is 6.54 Å². The van der Waals surface area contributed by atoms with E-state index >= 15 is 0 Å². The number of rotatable bonds is 3. The highest BCUT2D eigenvalue weighted by Gasteiger charge is 2.01. The molecule has 16 heavy (non-hydrogen) atoms. The largest absolute Gasteiger partial charge is 0.365 e. The smallest absolute Gasteiger partial charge is 0.140 e. The summed E-state index contributed by atoms with van der Waals surface area (Å²) in [6.07, 6.45) is 1.78. The summed E-state index contributed by atoms with van der Waals surface area (Å²) in [6.45, 7) is 0.772. The summed E-state index contributed by atoms with van der Waals surface area (Å²) < 4.78 is 1.92. The van der Waals surface area contributed by atoms with Crippen LogP contribution in [0.1, 0.15) is 5.56 Å². The third kappa shape index (κ3) is 3.06. The molecule has 0 atom stereocenters. The lowest BCUT2D eigenvalue weighted by Gasteiger charge is -2.07. The molecule has 0 aliphatic carbocycles. The van der Waals surface area contributed by atoms with Crippen LogP contribution in [0.15, 0.2) is 51.5 Å². The molecule has 4 heteroatoms. The summed E-state index contributed by atoms with van der Waals surface area (Å²) in [5, 5.41) is 3.28. The Bertz CT molecular complexity index is 472. The zero-order valence-corrected chi connectivity index (χ0v) is 11.6. The molecule has 0 bridgehead atoms. The molecule has 82 valence electrons. The first-order valence-electron chi connectivity index (χ1n) is 4.84. The average molecular weight is 342 g/mol. The number of aromatic nitrogens is 1. The third-order valence-electron chi connectivity index (χ3n) is 2.11. The van der Waals surface area contributed by atoms with Crippen LogP contribution in [0.4, 0.5) is 5.82 Å². The van der Waals surface area contributed by atoms with Crippen LogP contribution >= 0.6 is 31.9 Å². The van der Waals surface area contributed by atoms with Gasteiger partial charge in [0.05, 0.1) is 4.47 Å². The Kier molecular flexibility index (Phi) is 3.96. The fraction of sp³-hybridized carbons (Fsp3) is 0.0833. The minimum atomic E-state index is 0.772. The molecule has 1 heterocycles. The van der Waals surface area contributed by atoms with E-state index in [2.05, 4.69) is 54.3 Å². The summed E-state index contributed by atoms with van der Waals surface area (Å²) in [4.78, 5) is 4.29. The van der Waals surface area contributed by atoms with Crippen molar-refractivity contribution in [2.75, 3.05) is 5.32 Å². The monoisotopic (exact) mass is 340 g/mol. The van der Waals surface area contributed by atoms with Gasteiger partial charge in [0.1, 0.15) is 5.82 Å². The van der Waals surface area contributed by atoms with Crippen LogP contribution in [0.3, 0.4) is 0 Å². The predicted molar refractivity (Wildman–Crippen MR) is 73.4 cm³/mol. The predicted octanol–water partition coefficient (Wildman–Crippen LogP) is 4.22. The van der Waals surface area contributed by atoms with Gasteiger partial charge in [0, 0.05) is 17.2 Å². The molecule has 2 rings (SSSR count). The molecule has 0 saturated heterocycles. The molecule has 0 aliphatic heterocycles. The highest BCUT2D eigenvalue weighted by Crippen LogP contribution is 2.23. The number of benzene rings is 1. The lowest BCUT2D eigenvalue weighted by atomic mass is 10.2. The van der Waals surface area contributed by atoms with E-state index < -0.39 is 0 Å². The van der Waals surface area contributed by atoms with Crippen molar-refractivity contribution in [3.63, 3.8) is 0 Å². The van der Waals surface area contributed by atoms with Gasteiger partial charge in [-0.2, -0.15) is 0 Å². The number of hydrogen-bond acceptors (Lipinski definition) is 2. The number of hydrogen-bond donors (Lipinski definition) is 1. The van der Waals surface area contributed by atoms with Crippen LogP contribution in [0, 0.1) is 0 Å². The molecule has 0 spiro atoms. The van der Waals surface area contributed by atoms with Gasteiger partial charge in [-0.05, 0) is 43.5 Å².